The minimum atomic E-state index is -4.61. The van der Waals surface area contributed by atoms with Crippen molar-refractivity contribution in [3.05, 3.63) is 205 Å². The van der Waals surface area contributed by atoms with Gasteiger partial charge in [-0.15, -0.1) is 5.10 Å². The number of ether oxygens (including phenoxy) is 7. The standard InChI is InChI=1S/C83H82BF2N17O18P2S/c1-5-111-40-62-95-69-71(100(62)42-83(3,4)108)56-16-8-10-18-58(56)94-76(69)96-82(107)113-37-48-22-28-53(29-23-48)116-64(105)21-13-12-20-63(104)99-36-51-14-6-7-15-55(51)68-72(57-17-9-11-19-59(57)99)103(98-97-68)34-35-112-52-32-26-50(27-33-52)81(106)117-54-30-24-49(25-31-54)41-124-123(110)115-39-61-73(65(85)79(119-61)102-46-93-70-75(87)89-44-91-78(70)102)120-122(84,109)114-38-60-74(121-123)66(86)80(118-60)101-45-92-67-47(2)88-43-90-77(67)101/h6-11,14-19,22-33,43-46,60-61,65-66,73-74,79-80,108H,5,12-13,20-21,34-42,84H2,1-4H3,(H2,87,89,91)(H,94,96,107)/t60-,61-,65-,66-,73-,74-,79-,80-,122-,123+/m1/s1. The van der Waals surface area contributed by atoms with Gasteiger partial charge < -0.3 is 62.5 Å². The molecular weight excluding hydrogens is 1670 g/mol. The number of hydrogen-bond donors (Lipinski definition) is 3. The third-order valence-electron chi connectivity index (χ3n) is 21.1. The number of pyridine rings is 1. The number of aryl methyl sites for hydroxylation is 1. The van der Waals surface area contributed by atoms with Crippen LogP contribution in [-0.2, 0) is 94.4 Å². The molecule has 17 rings (SSSR count). The zero-order chi connectivity index (χ0) is 86.1. The van der Waals surface area contributed by atoms with Gasteiger partial charge in [-0.05, 0) is 129 Å². The SMILES string of the molecule is B[P@@]1(=O)OC[C@H]2O[C@@H](n3cnc4c(C)ncnc43)[C@H](F)[C@@H]2O[P@@](=O)(SCc2ccc(OC(=O)c3ccc(OCCn4nnc5c4-c4ccccc4N(C(=O)CCCCC(=O)Oc4ccc(COC(=O)Nc6nc7ccccc7c7c6nc(COCC)n7CC(C)(C)O)cc4)Cc4ccccc4-5)cc3)cc2)OC[C@H]2O[C@@H](n3cnc4c(N)ncnc43)[C@H](F)[C@@H]2O1. The Morgan fingerprint density at radius 1 is 0.710 bits per heavy atom. The molecule has 3 fully saturated rings. The molecule has 41 heteroatoms. The number of halogens is 2. The molecule has 124 heavy (non-hydrogen) atoms. The van der Waals surface area contributed by atoms with Gasteiger partial charge in [-0.25, -0.2) is 67.5 Å². The van der Waals surface area contributed by atoms with E-state index in [0.717, 1.165) is 24.1 Å². The number of amides is 2. The topological polar surface area (TPSA) is 414 Å². The number of imidazole rings is 3. The highest BCUT2D eigenvalue weighted by molar-refractivity contribution is 8.54. The second-order valence-electron chi connectivity index (χ2n) is 30.4. The normalized spacial score (nSPS) is 21.5. The smallest absolute Gasteiger partial charge is 0.413 e. The molecule has 4 aliphatic rings. The Balaban J connectivity index is 0.498. The van der Waals surface area contributed by atoms with Gasteiger partial charge in [0.1, 0.15) is 102 Å². The van der Waals surface area contributed by atoms with Gasteiger partial charge in [0.2, 0.25) is 5.91 Å². The average Bonchev–Trinajstić information content (AvgIpc) is 1.31. The summed E-state index contributed by atoms with van der Waals surface area (Å²) >= 11 is 0.681. The van der Waals surface area contributed by atoms with Gasteiger partial charge in [0.15, 0.2) is 47.7 Å². The van der Waals surface area contributed by atoms with E-state index in [-0.39, 0.29) is 104 Å². The molecule has 0 bridgehead atoms. The van der Waals surface area contributed by atoms with E-state index < -0.39 is 100 Å². The van der Waals surface area contributed by atoms with E-state index in [0.29, 0.717) is 110 Å². The predicted molar refractivity (Wildman–Crippen MR) is 451 cm³/mol. The molecule has 13 aromatic rings. The number of hydrogen-bond acceptors (Lipinski definition) is 30. The van der Waals surface area contributed by atoms with Gasteiger partial charge in [0, 0.05) is 41.7 Å². The number of esters is 2. The third-order valence-corrected chi connectivity index (χ3v) is 26.0. The first kappa shape index (κ1) is 84.4. The summed E-state index contributed by atoms with van der Waals surface area (Å²) in [5.41, 5.74) is 13.7. The number of para-hydroxylation sites is 2. The van der Waals surface area contributed by atoms with Gasteiger partial charge in [-0.3, -0.25) is 37.7 Å². The molecule has 10 atom stereocenters. The number of carbonyl (C=O) groups excluding carboxylic acids is 4. The van der Waals surface area contributed by atoms with Crippen LogP contribution >= 0.6 is 25.7 Å². The van der Waals surface area contributed by atoms with Crippen molar-refractivity contribution in [2.45, 2.75) is 147 Å². The summed E-state index contributed by atoms with van der Waals surface area (Å²) in [5.74, 6) is 0.240. The lowest BCUT2D eigenvalue weighted by Crippen LogP contribution is -2.37. The number of aliphatic hydroxyl groups is 1. The van der Waals surface area contributed by atoms with Crippen LogP contribution in [-0.4, -0.2) is 174 Å². The number of anilines is 3. The number of nitrogens with one attached hydrogen (secondary N) is 1. The highest BCUT2D eigenvalue weighted by Crippen LogP contribution is 2.65. The minimum absolute atomic E-state index is 0.0213. The van der Waals surface area contributed by atoms with Gasteiger partial charge in [0.25, 0.3) is 15.0 Å². The Bertz CT molecular complexity index is 6290. The van der Waals surface area contributed by atoms with Gasteiger partial charge in [-0.1, -0.05) is 90.1 Å². The van der Waals surface area contributed by atoms with E-state index in [2.05, 4.69) is 45.5 Å². The van der Waals surface area contributed by atoms with Crippen molar-refractivity contribution >= 4 is 119 Å². The molecule has 11 heterocycles. The Morgan fingerprint density at radius 3 is 2.10 bits per heavy atom. The lowest BCUT2D eigenvalue weighted by molar-refractivity contribution is -0.134. The number of rotatable bonds is 25. The van der Waals surface area contributed by atoms with Crippen molar-refractivity contribution in [2.24, 2.45) is 0 Å². The second-order valence-corrected chi connectivity index (χ2v) is 36.5. The average molecular weight is 1750 g/mol. The van der Waals surface area contributed by atoms with E-state index >= 15 is 13.3 Å². The molecule has 4 aliphatic heterocycles. The van der Waals surface area contributed by atoms with Crippen LogP contribution in [0, 0.1) is 6.92 Å². The van der Waals surface area contributed by atoms with Crippen molar-refractivity contribution in [1.82, 2.24) is 68.6 Å². The molecule has 0 saturated carbocycles. The summed E-state index contributed by atoms with van der Waals surface area (Å²) in [6.45, 7) is 2.35. The van der Waals surface area contributed by atoms with Crippen LogP contribution in [0.15, 0.2) is 171 Å². The zero-order valence-electron chi connectivity index (χ0n) is 67.4. The van der Waals surface area contributed by atoms with Gasteiger partial charge >= 0.3 is 24.8 Å². The van der Waals surface area contributed by atoms with Crippen molar-refractivity contribution in [1.29, 1.82) is 0 Å². The third kappa shape index (κ3) is 18.1. The molecular formula is C83H82BF2N17O18P2S. The second kappa shape index (κ2) is 35.8. The fourth-order valence-corrected chi connectivity index (χ4v) is 19.7. The monoisotopic (exact) mass is 1750 g/mol. The quantitative estimate of drug-likeness (QED) is 0.0157. The maximum Gasteiger partial charge on any atom is 0.413 e. The number of aromatic nitrogens is 14. The van der Waals surface area contributed by atoms with Crippen molar-refractivity contribution in [2.75, 3.05) is 42.4 Å². The summed E-state index contributed by atoms with van der Waals surface area (Å²) in [6, 6.07) is 42.0. The molecule has 6 aromatic carbocycles. The summed E-state index contributed by atoms with van der Waals surface area (Å²) in [4.78, 5) is 91.3. The number of fused-ring (bicyclic) bond motifs is 12. The molecule has 0 radical (unpaired) electrons. The fourth-order valence-electron chi connectivity index (χ4n) is 15.2. The molecule has 4 N–H and O–H groups in total. The minimum Gasteiger partial charge on any atom is -0.492 e. The number of alkyl halides is 2. The summed E-state index contributed by atoms with van der Waals surface area (Å²) < 4.78 is 135. The summed E-state index contributed by atoms with van der Waals surface area (Å²) in [6.07, 6.45) is -8.20. The molecule has 0 spiro atoms. The van der Waals surface area contributed by atoms with Crippen LogP contribution in [0.1, 0.15) is 97.5 Å². The van der Waals surface area contributed by atoms with E-state index in [4.69, 9.17) is 67.0 Å². The Morgan fingerprint density at radius 2 is 1.35 bits per heavy atom. The Hall–Kier alpha value is -11.9. The van der Waals surface area contributed by atoms with E-state index in [1.54, 1.807) is 91.0 Å². The molecule has 7 aromatic heterocycles. The first-order valence-corrected chi connectivity index (χ1v) is 44.9. The van der Waals surface area contributed by atoms with Gasteiger partial charge in [0.05, 0.1) is 84.8 Å². The highest BCUT2D eigenvalue weighted by Gasteiger charge is 2.55. The van der Waals surface area contributed by atoms with Crippen molar-refractivity contribution in [3.63, 3.8) is 0 Å². The van der Waals surface area contributed by atoms with E-state index in [1.807, 2.05) is 84.3 Å². The molecule has 2 amide bonds. The Labute approximate surface area is 710 Å². The Kier molecular flexibility index (Phi) is 24.3. The lowest BCUT2D eigenvalue weighted by atomic mass is 9.95. The largest absolute Gasteiger partial charge is 0.492 e. The predicted octanol–water partition coefficient (Wildman–Crippen LogP) is 12.8. The maximum absolute atomic E-state index is 17.2. The fraction of sp³-hybridized carbons (Fsp3) is 0.325. The maximum atomic E-state index is 17.2. The summed E-state index contributed by atoms with van der Waals surface area (Å²) in [7, 11) is -3.14. The molecule has 0 unspecified atom stereocenters. The molecule has 0 aliphatic carbocycles. The van der Waals surface area contributed by atoms with E-state index in [1.165, 1.54) is 46.6 Å². The number of nitrogens with zero attached hydrogens (tertiary/aromatic N) is 15. The van der Waals surface area contributed by atoms with Crippen LogP contribution in [0.3, 0.4) is 0 Å². The van der Waals surface area contributed by atoms with Crippen LogP contribution < -0.4 is 30.2 Å². The van der Waals surface area contributed by atoms with Crippen molar-refractivity contribution < 1.29 is 93.4 Å². The molecule has 35 nitrogen and oxygen atoms in total. The first-order chi connectivity index (χ1) is 59.9. The van der Waals surface area contributed by atoms with Crippen LogP contribution in [0.25, 0.3) is 66.8 Å². The number of carbonyl (C=O) groups is 4. The van der Waals surface area contributed by atoms with Crippen LogP contribution in [0.5, 0.6) is 17.2 Å². The first-order valence-electron chi connectivity index (χ1n) is 39.8. The number of nitrogens with two attached hydrogens (primary N) is 1. The van der Waals surface area contributed by atoms with Gasteiger partial charge in [-0.2, -0.15) is 0 Å². The number of unbranched alkanes of at least 4 members (excludes halogenated alkanes) is 1. The lowest BCUT2D eigenvalue weighted by Gasteiger charge is -2.30. The molecule has 3 saturated heterocycles. The van der Waals surface area contributed by atoms with Crippen LogP contribution in [0.2, 0.25) is 0 Å². The zero-order valence-corrected chi connectivity index (χ0v) is 70.0. The summed E-state index contributed by atoms with van der Waals surface area (Å²) in [5, 5.41) is 23.7. The highest BCUT2D eigenvalue weighted by atomic mass is 32.7. The van der Waals surface area contributed by atoms with E-state index in [9.17, 15) is 28.8 Å². The molecule has 640 valence electrons. The van der Waals surface area contributed by atoms with Crippen LogP contribution in [0.4, 0.5) is 30.9 Å². The number of benzene rings is 6. The van der Waals surface area contributed by atoms with Crippen molar-refractivity contribution in [3.8, 4) is 39.8 Å². The number of nitrogen functional groups attached to an aromatic ring is 1.